The van der Waals surface area contributed by atoms with Crippen LogP contribution in [0.15, 0.2) is 48.5 Å². The summed E-state index contributed by atoms with van der Waals surface area (Å²) in [6.07, 6.45) is -2.20. The molecule has 238 valence electrons. The van der Waals surface area contributed by atoms with Crippen molar-refractivity contribution in [2.75, 3.05) is 39.3 Å². The number of carboxylic acids is 2. The van der Waals surface area contributed by atoms with E-state index in [2.05, 4.69) is 10.3 Å². The fourth-order valence-corrected chi connectivity index (χ4v) is 4.87. The molecule has 1 aliphatic heterocycles. The number of nitrogens with one attached hydrogen (secondary N) is 1. The molecule has 0 spiro atoms. The lowest BCUT2D eigenvalue weighted by atomic mass is 10.0. The number of ether oxygens (including phenoxy) is 2. The summed E-state index contributed by atoms with van der Waals surface area (Å²) < 4.78 is 25.3. The van der Waals surface area contributed by atoms with E-state index in [1.165, 1.54) is 28.9 Å². The van der Waals surface area contributed by atoms with Crippen molar-refractivity contribution in [3.63, 3.8) is 0 Å². The number of hydrogen-bond donors (Lipinski definition) is 3. The zero-order valence-corrected chi connectivity index (χ0v) is 24.7. The quantitative estimate of drug-likeness (QED) is 0.269. The number of carboxylic acid groups (broad SMARTS) is 2. The third-order valence-corrected chi connectivity index (χ3v) is 7.29. The van der Waals surface area contributed by atoms with E-state index in [4.69, 9.17) is 9.47 Å². The highest BCUT2D eigenvalue weighted by Gasteiger charge is 2.33. The van der Waals surface area contributed by atoms with Gasteiger partial charge in [-0.3, -0.25) is 14.4 Å². The number of carbonyl (C=O) groups is 5. The molecule has 0 bridgehead atoms. The SMILES string of the molecule is CCOC(=O)N1CCN(C(=O)C(CCNC(=O)c2cc(OC(C(=O)O)c3ccccc3)c3cc(F)c(C)cc3n2)C(=O)O)CC1. The number of carbonyl (C=O) groups excluding carboxylic acids is 3. The van der Waals surface area contributed by atoms with Crippen LogP contribution < -0.4 is 10.1 Å². The summed E-state index contributed by atoms with van der Waals surface area (Å²) in [6.45, 7) is 3.86. The topological polar surface area (TPSA) is 176 Å². The number of aliphatic carboxylic acids is 2. The first kappa shape index (κ1) is 32.6. The number of aromatic nitrogens is 1. The molecule has 3 aromatic rings. The van der Waals surface area contributed by atoms with Gasteiger partial charge in [0.1, 0.15) is 23.2 Å². The van der Waals surface area contributed by atoms with Gasteiger partial charge in [-0.1, -0.05) is 30.3 Å². The highest BCUT2D eigenvalue weighted by Crippen LogP contribution is 2.32. The number of halogens is 1. The van der Waals surface area contributed by atoms with E-state index in [9.17, 15) is 38.6 Å². The van der Waals surface area contributed by atoms with Gasteiger partial charge in [0.05, 0.1) is 12.1 Å². The van der Waals surface area contributed by atoms with Crippen LogP contribution in [0.4, 0.5) is 9.18 Å². The molecule has 1 aliphatic rings. The molecule has 1 aromatic heterocycles. The van der Waals surface area contributed by atoms with Crippen LogP contribution in [-0.4, -0.2) is 94.2 Å². The van der Waals surface area contributed by atoms with Gasteiger partial charge in [-0.15, -0.1) is 0 Å². The monoisotopic (exact) mass is 624 g/mol. The van der Waals surface area contributed by atoms with Crippen LogP contribution in [0.25, 0.3) is 10.9 Å². The molecule has 13 nitrogen and oxygen atoms in total. The zero-order valence-electron chi connectivity index (χ0n) is 24.7. The first-order chi connectivity index (χ1) is 21.5. The standard InChI is InChI=1S/C31H33FN4O9/c1-3-44-31(43)36-13-11-35(12-14-36)28(38)20(29(39)40)9-10-33-27(37)24-17-25(21-16-22(32)18(2)15-23(21)34-24)45-26(30(41)42)19-7-5-4-6-8-19/h4-8,15-17,20,26H,3,9-14H2,1-2H3,(H,33,37)(H,39,40)(H,41,42). The maximum atomic E-state index is 14.5. The molecular weight excluding hydrogens is 591 g/mol. The zero-order chi connectivity index (χ0) is 32.7. The molecule has 4 rings (SSSR count). The molecule has 0 aliphatic carbocycles. The Bertz CT molecular complexity index is 1590. The molecule has 2 atom stereocenters. The van der Waals surface area contributed by atoms with Crippen molar-refractivity contribution in [3.05, 3.63) is 71.2 Å². The van der Waals surface area contributed by atoms with Crippen molar-refractivity contribution in [2.45, 2.75) is 26.4 Å². The second kappa shape index (κ2) is 14.5. The van der Waals surface area contributed by atoms with E-state index in [-0.39, 0.29) is 73.7 Å². The number of hydrogen-bond acceptors (Lipinski definition) is 8. The number of pyridine rings is 1. The summed E-state index contributed by atoms with van der Waals surface area (Å²) in [5, 5.41) is 22.3. The fraction of sp³-hybridized carbons (Fsp3) is 0.355. The molecule has 2 unspecified atom stereocenters. The van der Waals surface area contributed by atoms with E-state index in [0.717, 1.165) is 6.07 Å². The number of rotatable bonds is 11. The lowest BCUT2D eigenvalue weighted by Gasteiger charge is -2.35. The van der Waals surface area contributed by atoms with E-state index in [1.54, 1.807) is 37.3 Å². The van der Waals surface area contributed by atoms with Crippen molar-refractivity contribution >= 4 is 40.7 Å². The predicted octanol–water partition coefficient (Wildman–Crippen LogP) is 3.01. The summed E-state index contributed by atoms with van der Waals surface area (Å²) in [5.41, 5.74) is 0.547. The van der Waals surface area contributed by atoms with Gasteiger partial charge in [0.25, 0.3) is 5.91 Å². The normalized spacial score (nSPS) is 14.4. The van der Waals surface area contributed by atoms with Gasteiger partial charge in [-0.25, -0.2) is 19.0 Å². The molecule has 0 radical (unpaired) electrons. The first-order valence-corrected chi connectivity index (χ1v) is 14.3. The second-order valence-electron chi connectivity index (χ2n) is 10.3. The third-order valence-electron chi connectivity index (χ3n) is 7.29. The summed E-state index contributed by atoms with van der Waals surface area (Å²) in [5.74, 6) is -6.18. The first-order valence-electron chi connectivity index (χ1n) is 14.3. The Labute approximate surface area is 257 Å². The van der Waals surface area contributed by atoms with Crippen LogP contribution in [0, 0.1) is 18.7 Å². The minimum Gasteiger partial charge on any atom is -0.481 e. The summed E-state index contributed by atoms with van der Waals surface area (Å²) in [4.78, 5) is 69.2. The van der Waals surface area contributed by atoms with Crippen molar-refractivity contribution < 1.29 is 48.0 Å². The van der Waals surface area contributed by atoms with Gasteiger partial charge < -0.3 is 34.8 Å². The molecule has 0 saturated carbocycles. The van der Waals surface area contributed by atoms with Gasteiger partial charge >= 0.3 is 18.0 Å². The summed E-state index contributed by atoms with van der Waals surface area (Å²) >= 11 is 0. The molecule has 3 amide bonds. The van der Waals surface area contributed by atoms with Crippen LogP contribution in [0.2, 0.25) is 0 Å². The van der Waals surface area contributed by atoms with Crippen LogP contribution in [0.1, 0.15) is 41.1 Å². The molecule has 2 heterocycles. The molecule has 2 aromatic carbocycles. The number of aryl methyl sites for hydroxylation is 1. The fourth-order valence-electron chi connectivity index (χ4n) is 4.87. The Hall–Kier alpha value is -5.27. The number of fused-ring (bicyclic) bond motifs is 1. The van der Waals surface area contributed by atoms with Crippen molar-refractivity contribution in [1.29, 1.82) is 0 Å². The van der Waals surface area contributed by atoms with Crippen LogP contribution in [0.3, 0.4) is 0 Å². The number of amides is 3. The highest BCUT2D eigenvalue weighted by atomic mass is 19.1. The maximum absolute atomic E-state index is 14.5. The number of piperazine rings is 1. The minimum atomic E-state index is -1.47. The lowest BCUT2D eigenvalue weighted by molar-refractivity contribution is -0.152. The lowest BCUT2D eigenvalue weighted by Crippen LogP contribution is -2.53. The Morgan fingerprint density at radius 3 is 2.27 bits per heavy atom. The average molecular weight is 625 g/mol. The Morgan fingerprint density at radius 1 is 0.978 bits per heavy atom. The molecular formula is C31H33FN4O9. The predicted molar refractivity (Wildman–Crippen MR) is 157 cm³/mol. The molecule has 45 heavy (non-hydrogen) atoms. The summed E-state index contributed by atoms with van der Waals surface area (Å²) in [6, 6.07) is 11.8. The van der Waals surface area contributed by atoms with Crippen LogP contribution in [0.5, 0.6) is 5.75 Å². The maximum Gasteiger partial charge on any atom is 0.409 e. The smallest absolute Gasteiger partial charge is 0.409 e. The summed E-state index contributed by atoms with van der Waals surface area (Å²) in [7, 11) is 0. The largest absolute Gasteiger partial charge is 0.481 e. The van der Waals surface area contributed by atoms with Crippen LogP contribution >= 0.6 is 0 Å². The minimum absolute atomic E-state index is 0.0964. The van der Waals surface area contributed by atoms with Gasteiger partial charge in [0.15, 0.2) is 0 Å². The van der Waals surface area contributed by atoms with Gasteiger partial charge in [-0.2, -0.15) is 0 Å². The van der Waals surface area contributed by atoms with Gasteiger partial charge in [0, 0.05) is 49.7 Å². The molecule has 14 heteroatoms. The Balaban J connectivity index is 1.48. The van der Waals surface area contributed by atoms with E-state index >= 15 is 0 Å². The van der Waals surface area contributed by atoms with Crippen molar-refractivity contribution in [3.8, 4) is 5.75 Å². The average Bonchev–Trinajstić information content (AvgIpc) is 3.02. The van der Waals surface area contributed by atoms with Crippen molar-refractivity contribution in [1.82, 2.24) is 20.1 Å². The molecule has 1 fully saturated rings. The van der Waals surface area contributed by atoms with Gasteiger partial charge in [0.2, 0.25) is 12.0 Å². The Kier molecular flexibility index (Phi) is 10.5. The Morgan fingerprint density at radius 2 is 1.64 bits per heavy atom. The highest BCUT2D eigenvalue weighted by molar-refractivity contribution is 5.98. The van der Waals surface area contributed by atoms with Crippen molar-refractivity contribution in [2.24, 2.45) is 5.92 Å². The third kappa shape index (κ3) is 7.82. The molecule has 3 N–H and O–H groups in total. The van der Waals surface area contributed by atoms with Gasteiger partial charge in [-0.05, 0) is 38.0 Å². The van der Waals surface area contributed by atoms with E-state index in [0.29, 0.717) is 5.56 Å². The molecule has 1 saturated heterocycles. The number of benzene rings is 2. The second-order valence-corrected chi connectivity index (χ2v) is 10.3. The van der Waals surface area contributed by atoms with Crippen LogP contribution in [-0.2, 0) is 19.1 Å². The van der Waals surface area contributed by atoms with E-state index in [1.807, 2.05) is 0 Å². The van der Waals surface area contributed by atoms with E-state index < -0.39 is 47.7 Å². The number of nitrogens with zero attached hydrogens (tertiary/aromatic N) is 3.